The molecule has 2 atom stereocenters. The number of hydrogen-bond acceptors (Lipinski definition) is 6. The van der Waals surface area contributed by atoms with Crippen LogP contribution in [0.1, 0.15) is 29.7 Å². The first-order valence-corrected chi connectivity index (χ1v) is 17.5. The van der Waals surface area contributed by atoms with Gasteiger partial charge in [-0.25, -0.2) is 4.39 Å². The maximum atomic E-state index is 15.1. The van der Waals surface area contributed by atoms with Crippen molar-refractivity contribution in [3.63, 3.8) is 0 Å². The van der Waals surface area contributed by atoms with Crippen molar-refractivity contribution in [2.24, 2.45) is 5.92 Å². The van der Waals surface area contributed by atoms with Crippen molar-refractivity contribution in [1.82, 2.24) is 4.90 Å². The number of piperidine rings is 1. The molecule has 226 valence electrons. The zero-order valence-corrected chi connectivity index (χ0v) is 25.7. The summed E-state index contributed by atoms with van der Waals surface area (Å²) in [6.45, 7) is 5.66. The second kappa shape index (κ2) is 12.5. The molecule has 2 heterocycles. The third-order valence-corrected chi connectivity index (χ3v) is 10.5. The largest absolute Gasteiger partial charge is 0.495 e. The molecule has 2 fully saturated rings. The van der Waals surface area contributed by atoms with E-state index in [4.69, 9.17) is 4.74 Å². The third-order valence-electron chi connectivity index (χ3n) is 7.75. The first-order valence-electron chi connectivity index (χ1n) is 14.1. The summed E-state index contributed by atoms with van der Waals surface area (Å²) < 4.78 is 74.5. The van der Waals surface area contributed by atoms with Crippen LogP contribution < -0.4 is 20.7 Å². The number of anilines is 2. The Labute approximate surface area is 248 Å². The van der Waals surface area contributed by atoms with Crippen molar-refractivity contribution in [2.75, 3.05) is 57.3 Å². The number of hydrogen-bond donors (Lipinski definition) is 2. The van der Waals surface area contributed by atoms with E-state index in [1.54, 1.807) is 49.7 Å². The molecule has 0 radical (unpaired) electrons. The van der Waals surface area contributed by atoms with Gasteiger partial charge in [0.05, 0.1) is 47.1 Å². The Morgan fingerprint density at radius 3 is 2.60 bits per heavy atom. The number of nitrogens with one attached hydrogen (secondary N) is 2. The molecule has 0 bridgehead atoms. The number of methoxy groups -OCH3 is 1. The normalized spacial score (nSPS) is 19.8. The van der Waals surface area contributed by atoms with E-state index in [1.807, 2.05) is 0 Å². The number of alkyl halides is 4. The van der Waals surface area contributed by atoms with Gasteiger partial charge in [-0.2, -0.15) is 13.2 Å². The first kappa shape index (κ1) is 30.7. The van der Waals surface area contributed by atoms with Crippen molar-refractivity contribution >= 4 is 45.2 Å². The van der Waals surface area contributed by atoms with Gasteiger partial charge in [0, 0.05) is 24.9 Å². The number of nitrogens with zero attached hydrogens (tertiary/aromatic N) is 1. The highest BCUT2D eigenvalue weighted by atomic mass is 32.1. The second-order valence-electron chi connectivity index (χ2n) is 11.5. The standard InChI is InChI=1S/C31H36F4N3O2PS/c1-40-28-16-21(41(2,3)39)11-12-26(28)36-14-5-8-29-23(17-31(33,34)35)22-6-4-7-27(30(22)42-29)37-25-13-15-38(19-24(25)32)18-20-9-10-20/h4,6-7,11-12,16,20,24-25,36-37H,9-10,13-15,17-19H2,1-3H3. The molecule has 0 spiro atoms. The molecule has 0 amide bonds. The minimum absolute atomic E-state index is 0.137. The predicted octanol–water partition coefficient (Wildman–Crippen LogP) is 6.96. The molecular weight excluding hydrogens is 585 g/mol. The van der Waals surface area contributed by atoms with Crippen LogP contribution in [0.3, 0.4) is 0 Å². The first-order chi connectivity index (χ1) is 19.9. The van der Waals surface area contributed by atoms with Gasteiger partial charge in [-0.3, -0.25) is 0 Å². The summed E-state index contributed by atoms with van der Waals surface area (Å²) in [5, 5.41) is 7.63. The van der Waals surface area contributed by atoms with Gasteiger partial charge in [-0.15, -0.1) is 11.3 Å². The second-order valence-corrected chi connectivity index (χ2v) is 15.8. The van der Waals surface area contributed by atoms with Crippen molar-refractivity contribution in [1.29, 1.82) is 0 Å². The van der Waals surface area contributed by atoms with Crippen LogP contribution in [0.2, 0.25) is 0 Å². The molecule has 42 heavy (non-hydrogen) atoms. The van der Waals surface area contributed by atoms with E-state index in [9.17, 15) is 17.7 Å². The van der Waals surface area contributed by atoms with Gasteiger partial charge in [0.25, 0.3) is 0 Å². The lowest BCUT2D eigenvalue weighted by molar-refractivity contribution is -0.126. The summed E-state index contributed by atoms with van der Waals surface area (Å²) in [7, 11) is -0.952. The maximum absolute atomic E-state index is 15.1. The van der Waals surface area contributed by atoms with Crippen LogP contribution in [0.25, 0.3) is 10.1 Å². The van der Waals surface area contributed by atoms with Gasteiger partial charge in [-0.05, 0) is 73.7 Å². The lowest BCUT2D eigenvalue weighted by Crippen LogP contribution is -2.48. The molecule has 2 unspecified atom stereocenters. The monoisotopic (exact) mass is 621 g/mol. The molecule has 1 aliphatic heterocycles. The van der Waals surface area contributed by atoms with E-state index in [0.29, 0.717) is 56.3 Å². The van der Waals surface area contributed by atoms with Crippen molar-refractivity contribution in [2.45, 2.75) is 44.1 Å². The lowest BCUT2D eigenvalue weighted by Gasteiger charge is -2.35. The van der Waals surface area contributed by atoms with Crippen LogP contribution in [-0.2, 0) is 11.0 Å². The molecule has 5 rings (SSSR count). The number of thiophene rings is 1. The number of ether oxygens (including phenoxy) is 1. The van der Waals surface area contributed by atoms with E-state index in [-0.39, 0.29) is 12.1 Å². The van der Waals surface area contributed by atoms with Crippen LogP contribution in [-0.4, -0.2) is 69.9 Å². The highest BCUT2D eigenvalue weighted by Gasteiger charge is 2.34. The lowest BCUT2D eigenvalue weighted by atomic mass is 10.0. The highest BCUT2D eigenvalue weighted by Crippen LogP contribution is 2.40. The Bertz CT molecular complexity index is 1540. The van der Waals surface area contributed by atoms with Gasteiger partial charge < -0.3 is 24.8 Å². The Kier molecular flexibility index (Phi) is 9.13. The van der Waals surface area contributed by atoms with Crippen LogP contribution in [0.5, 0.6) is 5.75 Å². The number of fused-ring (bicyclic) bond motifs is 1. The predicted molar refractivity (Wildman–Crippen MR) is 165 cm³/mol. The summed E-state index contributed by atoms with van der Waals surface area (Å²) >= 11 is 1.20. The smallest absolute Gasteiger partial charge is 0.393 e. The van der Waals surface area contributed by atoms with E-state index in [2.05, 4.69) is 27.4 Å². The Balaban J connectivity index is 1.35. The average Bonchev–Trinajstić information content (AvgIpc) is 3.67. The van der Waals surface area contributed by atoms with Gasteiger partial charge in [0.15, 0.2) is 0 Å². The van der Waals surface area contributed by atoms with Crippen LogP contribution in [0.15, 0.2) is 36.4 Å². The number of likely N-dealkylation sites (tertiary alicyclic amines) is 1. The fourth-order valence-corrected chi connectivity index (χ4v) is 7.38. The molecule has 3 aromatic rings. The quantitative estimate of drug-likeness (QED) is 0.154. The van der Waals surface area contributed by atoms with Gasteiger partial charge in [0.1, 0.15) is 19.1 Å². The summed E-state index contributed by atoms with van der Waals surface area (Å²) in [6, 6.07) is 10.0. The molecular formula is C31H36F4N3O2PS. The van der Waals surface area contributed by atoms with Gasteiger partial charge in [-0.1, -0.05) is 24.0 Å². The van der Waals surface area contributed by atoms with E-state index in [0.717, 1.165) is 13.1 Å². The fraction of sp³-hybridized carbons (Fsp3) is 0.484. The number of halogens is 4. The average molecular weight is 622 g/mol. The van der Waals surface area contributed by atoms with E-state index < -0.39 is 32.0 Å². The SMILES string of the molecule is COc1cc(P(C)(C)=O)ccc1NCC#Cc1sc2c(NC3CCN(CC4CC4)CC3F)cccc2c1CC(F)(F)F. The van der Waals surface area contributed by atoms with Gasteiger partial charge >= 0.3 is 6.18 Å². The molecule has 2 aliphatic rings. The van der Waals surface area contributed by atoms with E-state index >= 15 is 4.39 Å². The molecule has 2 aromatic carbocycles. The highest BCUT2D eigenvalue weighted by molar-refractivity contribution is 7.70. The topological polar surface area (TPSA) is 53.6 Å². The molecule has 5 nitrogen and oxygen atoms in total. The fourth-order valence-electron chi connectivity index (χ4n) is 5.35. The zero-order valence-electron chi connectivity index (χ0n) is 24.0. The molecule has 1 aliphatic carbocycles. The van der Waals surface area contributed by atoms with Gasteiger partial charge in [0.2, 0.25) is 0 Å². The maximum Gasteiger partial charge on any atom is 0.393 e. The summed E-state index contributed by atoms with van der Waals surface area (Å²) in [6.07, 6.45) is -3.47. The summed E-state index contributed by atoms with van der Waals surface area (Å²) in [5.41, 5.74) is 1.42. The Morgan fingerprint density at radius 2 is 1.93 bits per heavy atom. The minimum atomic E-state index is -4.41. The van der Waals surface area contributed by atoms with Crippen molar-refractivity contribution in [3.8, 4) is 17.6 Å². The summed E-state index contributed by atoms with van der Waals surface area (Å²) in [5.74, 6) is 7.11. The molecule has 1 saturated carbocycles. The van der Waals surface area contributed by atoms with E-state index in [1.165, 1.54) is 31.3 Å². The minimum Gasteiger partial charge on any atom is -0.495 e. The molecule has 2 N–H and O–H groups in total. The van der Waals surface area contributed by atoms with Crippen LogP contribution in [0, 0.1) is 17.8 Å². The summed E-state index contributed by atoms with van der Waals surface area (Å²) in [4.78, 5) is 2.53. The Morgan fingerprint density at radius 1 is 1.14 bits per heavy atom. The van der Waals surface area contributed by atoms with Crippen molar-refractivity contribution < 1.29 is 26.9 Å². The molecule has 1 aromatic heterocycles. The van der Waals surface area contributed by atoms with Crippen molar-refractivity contribution in [3.05, 3.63) is 46.8 Å². The molecule has 11 heteroatoms. The third kappa shape index (κ3) is 7.61. The number of rotatable bonds is 9. The zero-order chi connectivity index (χ0) is 30.1. The number of benzene rings is 2. The van der Waals surface area contributed by atoms with Crippen LogP contribution >= 0.6 is 18.5 Å². The molecule has 1 saturated heterocycles. The van der Waals surface area contributed by atoms with Crippen LogP contribution in [0.4, 0.5) is 28.9 Å². The Hall–Kier alpha value is -2.73.